The van der Waals surface area contributed by atoms with Crippen molar-refractivity contribution in [3.8, 4) is 0 Å². The summed E-state index contributed by atoms with van der Waals surface area (Å²) in [5.41, 5.74) is 30.1. The molecule has 18 N–H and O–H groups in total. The van der Waals surface area contributed by atoms with Crippen LogP contribution in [-0.4, -0.2) is 130 Å². The monoisotopic (exact) mass is 1020 g/mol. The fourth-order valence-corrected chi connectivity index (χ4v) is 10.3. The standard InChI is InChI=1S/C46H67N15O8S2/c1-25-38(64)59-34(22-27-12-6-5-7-13-27)42(68)57-32(17-11-20-53-45(50)51)41(67)60-35(23-28-24-54-30-15-9-8-14-29(28)30)43(69)61-36(37(47)63)46(3,4)71-70-21-18-33(39(65)55-25)58-40(66)31(56-26(2)62)16-10-19-52-44(48)49/h5-9,12-15,24-25,31-36,54H,10-11,16-23H2,1-4H3,(H2,47,63)(H,55,65)(H,56,62)(H,57,68)(H,58,66)(H,59,64)(H,60,67)(H,61,69)(H4,48,49,52)(H4,50,51,53)/t25-,31-,32-,33?,34+,35-,36+/m0/s1. The van der Waals surface area contributed by atoms with E-state index in [1.807, 2.05) is 24.3 Å². The lowest BCUT2D eigenvalue weighted by atomic mass is 9.99. The van der Waals surface area contributed by atoms with Crippen LogP contribution in [0.2, 0.25) is 0 Å². The Morgan fingerprint density at radius 1 is 0.746 bits per heavy atom. The Bertz CT molecular complexity index is 2410. The molecule has 0 bridgehead atoms. The third-order valence-corrected chi connectivity index (χ3v) is 14.6. The second-order valence-electron chi connectivity index (χ2n) is 17.5. The lowest BCUT2D eigenvalue weighted by Crippen LogP contribution is -2.61. The molecule has 2 aromatic carbocycles. The van der Waals surface area contributed by atoms with Crippen molar-refractivity contribution in [3.05, 3.63) is 71.9 Å². The first kappa shape index (κ1) is 56.6. The third-order valence-electron chi connectivity index (χ3n) is 11.3. The maximum atomic E-state index is 14.5. The lowest BCUT2D eigenvalue weighted by molar-refractivity contribution is -0.135. The van der Waals surface area contributed by atoms with Crippen LogP contribution in [0.15, 0.2) is 70.8 Å². The normalized spacial score (nSPS) is 22.1. The number of hydrogen-bond donors (Lipinski definition) is 13. The molecule has 0 saturated carbocycles. The number of nitrogens with zero attached hydrogens (tertiary/aromatic N) is 2. The maximum Gasteiger partial charge on any atom is 0.243 e. The summed E-state index contributed by atoms with van der Waals surface area (Å²) in [5, 5.41) is 19.8. The molecule has 25 heteroatoms. The Balaban J connectivity index is 1.76. The van der Waals surface area contributed by atoms with Gasteiger partial charge in [0.05, 0.1) is 0 Å². The van der Waals surface area contributed by atoms with Gasteiger partial charge < -0.3 is 70.9 Å². The van der Waals surface area contributed by atoms with Crippen molar-refractivity contribution in [2.75, 3.05) is 18.8 Å². The number of aromatic nitrogens is 1. The molecule has 386 valence electrons. The Kier molecular flexibility index (Phi) is 21.8. The van der Waals surface area contributed by atoms with Crippen molar-refractivity contribution in [2.24, 2.45) is 38.7 Å². The first-order valence-corrected chi connectivity index (χ1v) is 25.4. The van der Waals surface area contributed by atoms with Crippen LogP contribution >= 0.6 is 21.6 Å². The number of aromatic amines is 1. The summed E-state index contributed by atoms with van der Waals surface area (Å²) in [7, 11) is 2.40. The van der Waals surface area contributed by atoms with Crippen molar-refractivity contribution >= 4 is 91.7 Å². The smallest absolute Gasteiger partial charge is 0.243 e. The van der Waals surface area contributed by atoms with Crippen molar-refractivity contribution in [2.45, 2.75) is 120 Å². The predicted molar refractivity (Wildman–Crippen MR) is 275 cm³/mol. The first-order chi connectivity index (χ1) is 33.6. The Hall–Kier alpha value is -7.02. The Morgan fingerprint density at radius 2 is 1.34 bits per heavy atom. The van der Waals surface area contributed by atoms with E-state index in [0.717, 1.165) is 10.9 Å². The Morgan fingerprint density at radius 3 is 2.00 bits per heavy atom. The molecule has 3 aromatic rings. The van der Waals surface area contributed by atoms with Gasteiger partial charge in [-0.05, 0) is 70.1 Å². The molecule has 1 unspecified atom stereocenters. The molecule has 2 heterocycles. The van der Waals surface area contributed by atoms with Crippen LogP contribution in [0.1, 0.15) is 70.9 Å². The van der Waals surface area contributed by atoms with Gasteiger partial charge in [0.2, 0.25) is 47.3 Å². The number of amides is 8. The quantitative estimate of drug-likeness (QED) is 0.0338. The van der Waals surface area contributed by atoms with Gasteiger partial charge in [-0.25, -0.2) is 0 Å². The number of primary amides is 1. The number of H-pyrrole nitrogens is 1. The summed E-state index contributed by atoms with van der Waals surface area (Å²) in [5.74, 6) is -6.05. The van der Waals surface area contributed by atoms with Crippen molar-refractivity contribution in [1.29, 1.82) is 0 Å². The highest BCUT2D eigenvalue weighted by Crippen LogP contribution is 2.39. The molecule has 1 saturated heterocycles. The molecular weight excluding hydrogens is 955 g/mol. The van der Waals surface area contributed by atoms with Gasteiger partial charge in [-0.3, -0.25) is 48.3 Å². The van der Waals surface area contributed by atoms with E-state index in [9.17, 15) is 38.4 Å². The van der Waals surface area contributed by atoms with Gasteiger partial charge in [-0.1, -0.05) is 70.1 Å². The molecule has 8 amide bonds. The van der Waals surface area contributed by atoms with E-state index in [4.69, 9.17) is 28.7 Å². The number of aliphatic imine (C=N–C) groups is 2. The second kappa shape index (κ2) is 27.4. The zero-order valence-electron chi connectivity index (χ0n) is 40.2. The number of guanidine groups is 2. The number of carbonyl (C=O) groups is 8. The minimum Gasteiger partial charge on any atom is -0.370 e. The van der Waals surface area contributed by atoms with Gasteiger partial charge in [0.25, 0.3) is 0 Å². The minimum absolute atomic E-state index is 0.0175. The summed E-state index contributed by atoms with van der Waals surface area (Å²) in [4.78, 5) is 122. The van der Waals surface area contributed by atoms with E-state index in [1.165, 1.54) is 35.4 Å². The van der Waals surface area contributed by atoms with Gasteiger partial charge in [-0.15, -0.1) is 0 Å². The third kappa shape index (κ3) is 18.3. The van der Waals surface area contributed by atoms with Gasteiger partial charge in [0.1, 0.15) is 42.3 Å². The fourth-order valence-electron chi connectivity index (χ4n) is 7.58. The molecule has 71 heavy (non-hydrogen) atoms. The summed E-state index contributed by atoms with van der Waals surface area (Å²) in [6.07, 6.45) is 2.18. The van der Waals surface area contributed by atoms with Crippen LogP contribution in [0.3, 0.4) is 0 Å². The van der Waals surface area contributed by atoms with Crippen LogP contribution < -0.4 is 65.9 Å². The molecule has 1 aromatic heterocycles. The van der Waals surface area contributed by atoms with E-state index in [2.05, 4.69) is 52.2 Å². The van der Waals surface area contributed by atoms with Crippen LogP contribution in [0.25, 0.3) is 10.9 Å². The fraction of sp³-hybridized carbons (Fsp3) is 0.478. The zero-order chi connectivity index (χ0) is 52.3. The first-order valence-electron chi connectivity index (χ1n) is 23.0. The number of nitrogens with one attached hydrogen (secondary N) is 8. The maximum absolute atomic E-state index is 14.5. The number of fused-ring (bicyclic) bond motifs is 1. The van der Waals surface area contributed by atoms with Crippen molar-refractivity contribution < 1.29 is 38.4 Å². The molecule has 7 atom stereocenters. The molecule has 1 aliphatic heterocycles. The topological polar surface area (TPSA) is 391 Å². The highest BCUT2D eigenvalue weighted by atomic mass is 33.1. The number of rotatable bonds is 16. The predicted octanol–water partition coefficient (Wildman–Crippen LogP) is -1.46. The number of para-hydroxylation sites is 1. The molecule has 23 nitrogen and oxygen atoms in total. The highest BCUT2D eigenvalue weighted by molar-refractivity contribution is 8.77. The summed E-state index contributed by atoms with van der Waals surface area (Å²) in [6.45, 7) is 6.26. The molecule has 1 fully saturated rings. The number of benzene rings is 2. The number of hydrogen-bond acceptors (Lipinski definition) is 12. The van der Waals surface area contributed by atoms with Gasteiger partial charge in [0.15, 0.2) is 11.9 Å². The van der Waals surface area contributed by atoms with E-state index >= 15 is 0 Å². The SMILES string of the molecule is CC(=O)N[C@@H](CCCN=C(N)N)C(=O)NC1CCSSC(C)(C)[C@@H](C(N)=O)NC(=O)[C@H](Cc2c[nH]c3ccccc23)NC(=O)[C@H](CCCN=C(N)N)NC(=O)[C@@H](Cc2ccccc2)NC(=O)[C@H](C)NC1=O. The molecule has 4 rings (SSSR count). The summed E-state index contributed by atoms with van der Waals surface area (Å²) < 4.78 is -1.12. The van der Waals surface area contributed by atoms with Crippen molar-refractivity contribution in [3.63, 3.8) is 0 Å². The molecular formula is C46H67N15O8S2. The highest BCUT2D eigenvalue weighted by Gasteiger charge is 2.39. The molecule has 0 spiro atoms. The summed E-state index contributed by atoms with van der Waals surface area (Å²) in [6, 6.07) is 7.25. The number of nitrogens with two attached hydrogens (primary N) is 5. The molecule has 0 radical (unpaired) electrons. The largest absolute Gasteiger partial charge is 0.370 e. The lowest BCUT2D eigenvalue weighted by Gasteiger charge is -2.33. The number of carbonyl (C=O) groups excluding carboxylic acids is 8. The van der Waals surface area contributed by atoms with Crippen LogP contribution in [0, 0.1) is 0 Å². The van der Waals surface area contributed by atoms with Gasteiger partial charge in [0, 0.05) is 60.5 Å². The summed E-state index contributed by atoms with van der Waals surface area (Å²) >= 11 is 0. The minimum atomic E-state index is -1.32. The Labute approximate surface area is 419 Å². The van der Waals surface area contributed by atoms with Gasteiger partial charge in [-0.2, -0.15) is 0 Å². The average Bonchev–Trinajstić information content (AvgIpc) is 3.72. The average molecular weight is 1020 g/mol. The molecule has 0 aliphatic carbocycles. The van der Waals surface area contributed by atoms with E-state index in [-0.39, 0.29) is 69.3 Å². The van der Waals surface area contributed by atoms with Crippen LogP contribution in [0.5, 0.6) is 0 Å². The molecule has 1 aliphatic rings. The van der Waals surface area contributed by atoms with E-state index in [0.29, 0.717) is 17.5 Å². The van der Waals surface area contributed by atoms with Crippen LogP contribution in [-0.2, 0) is 51.2 Å². The second-order valence-corrected chi connectivity index (χ2v) is 20.6. The van der Waals surface area contributed by atoms with E-state index < -0.39 is 94.3 Å². The van der Waals surface area contributed by atoms with Crippen LogP contribution in [0.4, 0.5) is 0 Å². The van der Waals surface area contributed by atoms with Gasteiger partial charge >= 0.3 is 0 Å². The zero-order valence-corrected chi connectivity index (χ0v) is 41.9. The van der Waals surface area contributed by atoms with E-state index in [1.54, 1.807) is 50.4 Å². The van der Waals surface area contributed by atoms with Crippen molar-refractivity contribution in [1.82, 2.24) is 42.2 Å².